The lowest BCUT2D eigenvalue weighted by Gasteiger charge is -2.43. The maximum absolute atomic E-state index is 13.6. The third-order valence-electron chi connectivity index (χ3n) is 6.21. The molecule has 0 saturated carbocycles. The van der Waals surface area contributed by atoms with Gasteiger partial charge in [-0.3, -0.25) is 14.4 Å². The van der Waals surface area contributed by atoms with Gasteiger partial charge in [0.05, 0.1) is 19.5 Å². The van der Waals surface area contributed by atoms with Gasteiger partial charge in [0.1, 0.15) is 17.0 Å². The summed E-state index contributed by atoms with van der Waals surface area (Å²) in [6, 6.07) is 7.46. The lowest BCUT2D eigenvalue weighted by molar-refractivity contribution is -0.132. The molecule has 0 aliphatic carbocycles. The molecule has 1 atom stereocenters. The van der Waals surface area contributed by atoms with Crippen LogP contribution in [0.3, 0.4) is 0 Å². The molecule has 1 aromatic heterocycles. The van der Waals surface area contributed by atoms with Crippen molar-refractivity contribution in [1.29, 1.82) is 0 Å². The fourth-order valence-corrected chi connectivity index (χ4v) is 4.23. The summed E-state index contributed by atoms with van der Waals surface area (Å²) in [4.78, 5) is 45.5. The summed E-state index contributed by atoms with van der Waals surface area (Å²) in [6.07, 6.45) is 3.02. The number of aromatic nitrogens is 2. The highest BCUT2D eigenvalue weighted by Gasteiger charge is 2.48. The lowest BCUT2D eigenvalue weighted by Crippen LogP contribution is -2.64. The molecule has 1 aliphatic rings. The zero-order chi connectivity index (χ0) is 25.6. The van der Waals surface area contributed by atoms with Gasteiger partial charge in [0.15, 0.2) is 5.69 Å². The molecule has 1 aromatic carbocycles. The van der Waals surface area contributed by atoms with Gasteiger partial charge in [0, 0.05) is 19.6 Å². The minimum Gasteiger partial charge on any atom is -0.494 e. The van der Waals surface area contributed by atoms with Crippen molar-refractivity contribution in [3.05, 3.63) is 47.5 Å². The Hall–Kier alpha value is -3.36. The first-order chi connectivity index (χ1) is 16.7. The second-order valence-electron chi connectivity index (χ2n) is 9.50. The minimum atomic E-state index is -1.06. The van der Waals surface area contributed by atoms with Gasteiger partial charge in [-0.05, 0) is 50.3 Å². The van der Waals surface area contributed by atoms with Crippen LogP contribution in [0.5, 0.6) is 5.75 Å². The van der Waals surface area contributed by atoms with Gasteiger partial charge in [-0.25, -0.2) is 4.98 Å². The number of hydrogen-bond acceptors (Lipinski definition) is 5. The Morgan fingerprint density at radius 3 is 2.51 bits per heavy atom. The molecule has 1 aliphatic heterocycles. The molecule has 2 aromatic rings. The highest BCUT2D eigenvalue weighted by atomic mass is 16.5. The molecule has 2 heterocycles. The number of imidazole rings is 1. The molecule has 2 N–H and O–H groups in total. The predicted octanol–water partition coefficient (Wildman–Crippen LogP) is 3.00. The number of nitrogens with zero attached hydrogens (tertiary/aromatic N) is 3. The summed E-state index contributed by atoms with van der Waals surface area (Å²) in [6.45, 7) is 11.9. The number of hydrogen-bond donors (Lipinski definition) is 2. The molecule has 9 nitrogen and oxygen atoms in total. The summed E-state index contributed by atoms with van der Waals surface area (Å²) in [5.74, 6) is 0.252. The molecule has 0 bridgehead atoms. The monoisotopic (exact) mass is 483 g/mol. The summed E-state index contributed by atoms with van der Waals surface area (Å²) >= 11 is 0. The van der Waals surface area contributed by atoms with E-state index in [9.17, 15) is 14.4 Å². The first-order valence-electron chi connectivity index (χ1n) is 12.4. The Labute approximate surface area is 207 Å². The van der Waals surface area contributed by atoms with Gasteiger partial charge in [-0.2, -0.15) is 0 Å². The topological polar surface area (TPSA) is 106 Å². The van der Waals surface area contributed by atoms with Gasteiger partial charge in [-0.1, -0.05) is 32.9 Å². The third-order valence-corrected chi connectivity index (χ3v) is 6.21. The van der Waals surface area contributed by atoms with Crippen molar-refractivity contribution >= 4 is 17.7 Å². The lowest BCUT2D eigenvalue weighted by atomic mass is 9.93. The molecule has 0 fully saturated rings. The smallest absolute Gasteiger partial charge is 0.273 e. The van der Waals surface area contributed by atoms with Crippen LogP contribution in [0, 0.1) is 5.92 Å². The number of benzene rings is 1. The zero-order valence-corrected chi connectivity index (χ0v) is 21.4. The number of nitrogens with one attached hydrogen (secondary N) is 2. The van der Waals surface area contributed by atoms with E-state index in [2.05, 4.69) is 29.5 Å². The van der Waals surface area contributed by atoms with Gasteiger partial charge >= 0.3 is 0 Å². The summed E-state index contributed by atoms with van der Waals surface area (Å²) in [5, 5.41) is 5.84. The molecule has 0 unspecified atom stereocenters. The molecule has 9 heteroatoms. The largest absolute Gasteiger partial charge is 0.494 e. The average molecular weight is 484 g/mol. The van der Waals surface area contributed by atoms with Crippen LogP contribution in [0.1, 0.15) is 74.0 Å². The zero-order valence-electron chi connectivity index (χ0n) is 21.4. The van der Waals surface area contributed by atoms with Crippen LogP contribution in [0.15, 0.2) is 30.6 Å². The molecular weight excluding hydrogens is 446 g/mol. The molecule has 3 rings (SSSR count). The number of carbonyl (C=O) groups is 3. The maximum atomic E-state index is 13.6. The quantitative estimate of drug-likeness (QED) is 0.511. The normalized spacial score (nSPS) is 17.3. The van der Waals surface area contributed by atoms with Crippen LogP contribution >= 0.6 is 0 Å². The van der Waals surface area contributed by atoms with Crippen molar-refractivity contribution < 1.29 is 19.1 Å². The fraction of sp³-hybridized carbons (Fsp3) is 0.538. The van der Waals surface area contributed by atoms with Gasteiger partial charge < -0.3 is 24.8 Å². The molecule has 0 saturated heterocycles. The minimum absolute atomic E-state index is 0.0734. The number of fused-ring (bicyclic) bond motifs is 1. The van der Waals surface area contributed by atoms with E-state index in [0.717, 1.165) is 17.7 Å². The van der Waals surface area contributed by atoms with Crippen LogP contribution in [0.25, 0.3) is 0 Å². The van der Waals surface area contributed by atoms with Crippen LogP contribution in [0.4, 0.5) is 0 Å². The van der Waals surface area contributed by atoms with Crippen molar-refractivity contribution in [2.45, 2.75) is 66.1 Å². The van der Waals surface area contributed by atoms with Crippen LogP contribution in [-0.4, -0.2) is 57.4 Å². The Morgan fingerprint density at radius 2 is 1.89 bits per heavy atom. The SMILES string of the molecule is CCCN1C(=O)c2c(C(=O)NCc3ccc(OCC)cc3)ncn2C[C@@]1(C)C(=O)NCCC(C)C. The van der Waals surface area contributed by atoms with E-state index in [0.29, 0.717) is 38.6 Å². The Bertz CT molecular complexity index is 1050. The van der Waals surface area contributed by atoms with Crippen LogP contribution in [0.2, 0.25) is 0 Å². The Balaban J connectivity index is 1.77. The van der Waals surface area contributed by atoms with Crippen molar-refractivity contribution in [3.8, 4) is 5.75 Å². The van der Waals surface area contributed by atoms with E-state index < -0.39 is 11.4 Å². The molecule has 0 radical (unpaired) electrons. The number of amides is 3. The summed E-state index contributed by atoms with van der Waals surface area (Å²) in [7, 11) is 0. The number of rotatable bonds is 11. The van der Waals surface area contributed by atoms with Gasteiger partial charge in [0.2, 0.25) is 5.91 Å². The van der Waals surface area contributed by atoms with E-state index in [1.165, 1.54) is 6.33 Å². The molecule has 190 valence electrons. The highest BCUT2D eigenvalue weighted by Crippen LogP contribution is 2.29. The predicted molar refractivity (Wildman–Crippen MR) is 133 cm³/mol. The van der Waals surface area contributed by atoms with Crippen molar-refractivity contribution in [1.82, 2.24) is 25.1 Å². The molecule has 3 amide bonds. The standard InChI is InChI=1S/C26H37N5O4/c1-6-14-31-24(33)22-21(23(32)28-15-19-8-10-20(11-9-19)35-7-2)29-17-30(22)16-26(31,5)25(34)27-13-12-18(3)4/h8-11,17-18H,6-7,12-16H2,1-5H3,(H,27,34)(H,28,32)/t26-/m0/s1. The van der Waals surface area contributed by atoms with Crippen LogP contribution < -0.4 is 15.4 Å². The van der Waals surface area contributed by atoms with Gasteiger partial charge in [-0.15, -0.1) is 0 Å². The highest BCUT2D eigenvalue weighted by molar-refractivity contribution is 6.07. The first kappa shape index (κ1) is 26.2. The Morgan fingerprint density at radius 1 is 1.17 bits per heavy atom. The summed E-state index contributed by atoms with van der Waals surface area (Å²) < 4.78 is 7.07. The van der Waals surface area contributed by atoms with E-state index in [1.54, 1.807) is 16.4 Å². The van der Waals surface area contributed by atoms with E-state index >= 15 is 0 Å². The molecular formula is C26H37N5O4. The third kappa shape index (κ3) is 5.83. The average Bonchev–Trinajstić information content (AvgIpc) is 3.24. The van der Waals surface area contributed by atoms with Crippen molar-refractivity contribution in [3.63, 3.8) is 0 Å². The fourth-order valence-electron chi connectivity index (χ4n) is 4.23. The molecule has 0 spiro atoms. The van der Waals surface area contributed by atoms with Gasteiger partial charge in [0.25, 0.3) is 11.8 Å². The Kier molecular flexibility index (Phi) is 8.53. The van der Waals surface area contributed by atoms with Crippen molar-refractivity contribution in [2.24, 2.45) is 5.92 Å². The van der Waals surface area contributed by atoms with E-state index in [4.69, 9.17) is 4.74 Å². The van der Waals surface area contributed by atoms with E-state index in [1.807, 2.05) is 38.1 Å². The molecule has 35 heavy (non-hydrogen) atoms. The second-order valence-corrected chi connectivity index (χ2v) is 9.50. The second kappa shape index (κ2) is 11.4. The first-order valence-corrected chi connectivity index (χ1v) is 12.4. The summed E-state index contributed by atoms with van der Waals surface area (Å²) in [5.41, 5.74) is 0.132. The van der Waals surface area contributed by atoms with Crippen molar-refractivity contribution in [2.75, 3.05) is 19.7 Å². The number of carbonyl (C=O) groups excluding carboxylic acids is 3. The van der Waals surface area contributed by atoms with Crippen LogP contribution in [-0.2, 0) is 17.9 Å². The maximum Gasteiger partial charge on any atom is 0.273 e. The number of ether oxygens (including phenoxy) is 1. The van der Waals surface area contributed by atoms with E-state index in [-0.39, 0.29) is 29.7 Å².